The number of ether oxygens (including phenoxy) is 1. The third-order valence-electron chi connectivity index (χ3n) is 3.71. The Kier molecular flexibility index (Phi) is 4.38. The van der Waals surface area contributed by atoms with Crippen LogP contribution in [0, 0.1) is 13.8 Å². The summed E-state index contributed by atoms with van der Waals surface area (Å²) < 4.78 is 5.89. The van der Waals surface area contributed by atoms with Gasteiger partial charge in [-0.25, -0.2) is 4.98 Å². The highest BCUT2D eigenvalue weighted by Crippen LogP contribution is 2.21. The van der Waals surface area contributed by atoms with Gasteiger partial charge in [0.25, 0.3) is 5.91 Å². The zero-order valence-corrected chi connectivity index (χ0v) is 13.6. The van der Waals surface area contributed by atoms with Crippen LogP contribution in [-0.4, -0.2) is 40.0 Å². The van der Waals surface area contributed by atoms with Crippen molar-refractivity contribution in [2.24, 2.45) is 0 Å². The molecule has 1 aliphatic heterocycles. The van der Waals surface area contributed by atoms with E-state index < -0.39 is 0 Å². The summed E-state index contributed by atoms with van der Waals surface area (Å²) in [6, 6.07) is 3.73. The summed E-state index contributed by atoms with van der Waals surface area (Å²) in [5, 5.41) is 2.01. The Bertz CT molecular complexity index is 663. The molecule has 1 aliphatic rings. The van der Waals surface area contributed by atoms with Gasteiger partial charge in [-0.05, 0) is 30.9 Å². The van der Waals surface area contributed by atoms with Crippen molar-refractivity contribution >= 4 is 17.2 Å². The van der Waals surface area contributed by atoms with Crippen molar-refractivity contribution < 1.29 is 9.53 Å². The number of nitrogens with zero attached hydrogens (tertiary/aromatic N) is 3. The van der Waals surface area contributed by atoms with E-state index in [0.717, 1.165) is 36.4 Å². The summed E-state index contributed by atoms with van der Waals surface area (Å²) in [4.78, 5) is 23.5. The van der Waals surface area contributed by atoms with Crippen LogP contribution in [0.15, 0.2) is 23.7 Å². The fourth-order valence-corrected chi connectivity index (χ4v) is 3.41. The van der Waals surface area contributed by atoms with Gasteiger partial charge in [-0.15, -0.1) is 11.3 Å². The molecule has 0 saturated carbocycles. The van der Waals surface area contributed by atoms with E-state index in [2.05, 4.69) is 9.97 Å². The highest BCUT2D eigenvalue weighted by Gasteiger charge is 2.25. The van der Waals surface area contributed by atoms with Gasteiger partial charge in [0.1, 0.15) is 11.9 Å². The molecule has 3 rings (SSSR count). The van der Waals surface area contributed by atoms with Crippen molar-refractivity contribution in [1.29, 1.82) is 0 Å². The van der Waals surface area contributed by atoms with Crippen molar-refractivity contribution in [1.82, 2.24) is 14.9 Å². The van der Waals surface area contributed by atoms with E-state index in [-0.39, 0.29) is 12.0 Å². The van der Waals surface area contributed by atoms with Crippen LogP contribution in [0.3, 0.4) is 0 Å². The Morgan fingerprint density at radius 2 is 2.14 bits per heavy atom. The molecule has 22 heavy (non-hydrogen) atoms. The van der Waals surface area contributed by atoms with Crippen molar-refractivity contribution in [3.63, 3.8) is 0 Å². The summed E-state index contributed by atoms with van der Waals surface area (Å²) in [5.41, 5.74) is 1.14. The minimum atomic E-state index is 0.114. The van der Waals surface area contributed by atoms with Crippen molar-refractivity contribution in [2.45, 2.75) is 32.8 Å². The molecule has 1 fully saturated rings. The first-order chi connectivity index (χ1) is 10.6. The maximum Gasteiger partial charge on any atom is 0.263 e. The van der Waals surface area contributed by atoms with Crippen LogP contribution < -0.4 is 4.74 Å². The van der Waals surface area contributed by atoms with Crippen LogP contribution in [0.1, 0.15) is 33.9 Å². The number of thiophene rings is 1. The lowest BCUT2D eigenvalue weighted by atomic mass is 10.1. The summed E-state index contributed by atoms with van der Waals surface area (Å²) in [5.74, 6) is 1.46. The molecule has 0 radical (unpaired) electrons. The van der Waals surface area contributed by atoms with Crippen molar-refractivity contribution in [3.8, 4) is 5.88 Å². The molecule has 0 N–H and O–H groups in total. The van der Waals surface area contributed by atoms with E-state index in [1.165, 1.54) is 11.3 Å². The largest absolute Gasteiger partial charge is 0.474 e. The predicted molar refractivity (Wildman–Crippen MR) is 85.4 cm³/mol. The first-order valence-corrected chi connectivity index (χ1v) is 8.30. The second-order valence-corrected chi connectivity index (χ2v) is 6.45. The van der Waals surface area contributed by atoms with E-state index in [1.54, 1.807) is 12.3 Å². The summed E-state index contributed by atoms with van der Waals surface area (Å²) in [6.07, 6.45) is 3.48. The fraction of sp³-hybridized carbons (Fsp3) is 0.438. The molecule has 1 saturated heterocycles. The first-order valence-electron chi connectivity index (χ1n) is 7.42. The van der Waals surface area contributed by atoms with Gasteiger partial charge in [0.15, 0.2) is 0 Å². The average molecular weight is 317 g/mol. The van der Waals surface area contributed by atoms with Crippen LogP contribution in [0.5, 0.6) is 5.88 Å². The highest BCUT2D eigenvalue weighted by molar-refractivity contribution is 7.12. The Hall–Kier alpha value is -1.95. The van der Waals surface area contributed by atoms with Gasteiger partial charge in [-0.2, -0.15) is 4.98 Å². The predicted octanol–water partition coefficient (Wildman–Crippen LogP) is 2.84. The number of hydrogen-bond donors (Lipinski definition) is 0. The molecular weight excluding hydrogens is 298 g/mol. The molecule has 0 bridgehead atoms. The minimum Gasteiger partial charge on any atom is -0.474 e. The van der Waals surface area contributed by atoms with E-state index in [1.807, 2.05) is 30.2 Å². The Balaban J connectivity index is 1.55. The lowest BCUT2D eigenvalue weighted by molar-refractivity contribution is 0.0592. The zero-order valence-electron chi connectivity index (χ0n) is 12.8. The van der Waals surface area contributed by atoms with E-state index >= 15 is 0 Å². The summed E-state index contributed by atoms with van der Waals surface area (Å²) in [6.45, 7) is 5.31. The molecule has 2 aromatic heterocycles. The van der Waals surface area contributed by atoms with Gasteiger partial charge >= 0.3 is 0 Å². The Morgan fingerprint density at radius 3 is 2.77 bits per heavy atom. The number of amides is 1. The number of carbonyl (C=O) groups excluding carboxylic acids is 1. The number of carbonyl (C=O) groups is 1. The van der Waals surface area contributed by atoms with E-state index in [9.17, 15) is 4.79 Å². The Morgan fingerprint density at radius 1 is 1.36 bits per heavy atom. The number of likely N-dealkylation sites (tertiary alicyclic amines) is 1. The molecule has 2 aromatic rings. The quantitative estimate of drug-likeness (QED) is 0.873. The molecule has 1 amide bonds. The summed E-state index contributed by atoms with van der Waals surface area (Å²) >= 11 is 1.52. The molecule has 3 heterocycles. The Labute approximate surface area is 134 Å². The van der Waals surface area contributed by atoms with Gasteiger partial charge in [-0.1, -0.05) is 0 Å². The van der Waals surface area contributed by atoms with Crippen LogP contribution in [0.25, 0.3) is 0 Å². The molecule has 116 valence electrons. The van der Waals surface area contributed by atoms with E-state index in [0.29, 0.717) is 11.7 Å². The molecule has 0 atom stereocenters. The smallest absolute Gasteiger partial charge is 0.263 e. The van der Waals surface area contributed by atoms with Crippen LogP contribution >= 0.6 is 11.3 Å². The third kappa shape index (κ3) is 3.44. The topological polar surface area (TPSA) is 55.3 Å². The molecular formula is C16H19N3O2S. The maximum absolute atomic E-state index is 12.4. The lowest BCUT2D eigenvalue weighted by Gasteiger charge is -2.31. The molecule has 6 heteroatoms. The van der Waals surface area contributed by atoms with Gasteiger partial charge in [0.05, 0.1) is 4.88 Å². The number of aryl methyl sites for hydroxylation is 2. The molecule has 0 aromatic carbocycles. The van der Waals surface area contributed by atoms with Crippen molar-refractivity contribution in [2.75, 3.05) is 13.1 Å². The number of rotatable bonds is 3. The second kappa shape index (κ2) is 6.44. The van der Waals surface area contributed by atoms with Gasteiger partial charge in [0.2, 0.25) is 5.88 Å². The van der Waals surface area contributed by atoms with Crippen LogP contribution in [-0.2, 0) is 0 Å². The van der Waals surface area contributed by atoms with Gasteiger partial charge < -0.3 is 9.64 Å². The number of aromatic nitrogens is 2. The molecule has 5 nitrogen and oxygen atoms in total. The van der Waals surface area contributed by atoms with Gasteiger partial charge in [-0.3, -0.25) is 4.79 Å². The van der Waals surface area contributed by atoms with Crippen LogP contribution in [0.4, 0.5) is 0 Å². The third-order valence-corrected chi connectivity index (χ3v) is 4.74. The normalized spacial score (nSPS) is 15.8. The molecule has 0 aliphatic carbocycles. The molecule has 0 unspecified atom stereocenters. The lowest BCUT2D eigenvalue weighted by Crippen LogP contribution is -2.41. The highest BCUT2D eigenvalue weighted by atomic mass is 32.1. The molecule has 0 spiro atoms. The van der Waals surface area contributed by atoms with Gasteiger partial charge in [0, 0.05) is 38.2 Å². The fourth-order valence-electron chi connectivity index (χ4n) is 2.55. The number of piperidine rings is 1. The standard InChI is InChI=1S/C16H19N3O2S/c1-11-9-14(22-10-11)16(20)19-7-4-13(5-8-19)21-15-3-6-17-12(2)18-15/h3,6,9-10,13H,4-5,7-8H2,1-2H3. The minimum absolute atomic E-state index is 0.114. The van der Waals surface area contributed by atoms with Crippen LogP contribution in [0.2, 0.25) is 0 Å². The SMILES string of the molecule is Cc1csc(C(=O)N2CCC(Oc3ccnc(C)n3)CC2)c1. The zero-order chi connectivity index (χ0) is 15.5. The first kappa shape index (κ1) is 15.0. The van der Waals surface area contributed by atoms with Crippen molar-refractivity contribution in [3.05, 3.63) is 40.0 Å². The average Bonchev–Trinajstić information content (AvgIpc) is 2.94. The van der Waals surface area contributed by atoms with E-state index in [4.69, 9.17) is 4.74 Å². The monoisotopic (exact) mass is 317 g/mol. The number of hydrogen-bond acceptors (Lipinski definition) is 5. The maximum atomic E-state index is 12.4. The second-order valence-electron chi connectivity index (χ2n) is 5.54. The summed E-state index contributed by atoms with van der Waals surface area (Å²) in [7, 11) is 0.